The lowest BCUT2D eigenvalue weighted by atomic mass is 10.1. The number of sulfonamides is 1. The van der Waals surface area contributed by atoms with E-state index in [0.717, 1.165) is 16.3 Å². The molecular formula is C29H33Cl2N3O5S. The van der Waals surface area contributed by atoms with Crippen molar-refractivity contribution in [2.24, 2.45) is 0 Å². The fourth-order valence-electron chi connectivity index (χ4n) is 4.17. The average Bonchev–Trinajstić information content (AvgIpc) is 2.95. The minimum atomic E-state index is -4.23. The van der Waals surface area contributed by atoms with Gasteiger partial charge >= 0.3 is 0 Å². The number of hydrogen-bond acceptors (Lipinski definition) is 5. The van der Waals surface area contributed by atoms with Gasteiger partial charge in [-0.15, -0.1) is 0 Å². The van der Waals surface area contributed by atoms with Crippen LogP contribution in [0.25, 0.3) is 0 Å². The molecule has 0 aliphatic rings. The van der Waals surface area contributed by atoms with Crippen LogP contribution in [0.5, 0.6) is 5.75 Å². The first-order valence-corrected chi connectivity index (χ1v) is 15.0. The molecule has 40 heavy (non-hydrogen) atoms. The summed E-state index contributed by atoms with van der Waals surface area (Å²) < 4.78 is 34.0. The minimum absolute atomic E-state index is 0.0131. The number of rotatable bonds is 13. The summed E-state index contributed by atoms with van der Waals surface area (Å²) in [5.41, 5.74) is 0.810. The number of carbonyl (C=O) groups excluding carboxylic acids is 2. The third-order valence-corrected chi connectivity index (χ3v) is 8.52. The zero-order valence-corrected chi connectivity index (χ0v) is 25.0. The maximum atomic E-state index is 14.1. The lowest BCUT2D eigenvalue weighted by molar-refractivity contribution is -0.140. The van der Waals surface area contributed by atoms with Crippen molar-refractivity contribution in [1.29, 1.82) is 0 Å². The van der Waals surface area contributed by atoms with E-state index in [1.807, 2.05) is 13.0 Å². The first-order valence-electron chi connectivity index (χ1n) is 12.8. The molecule has 0 fully saturated rings. The predicted molar refractivity (Wildman–Crippen MR) is 158 cm³/mol. The van der Waals surface area contributed by atoms with E-state index in [4.69, 9.17) is 27.9 Å². The van der Waals surface area contributed by atoms with Crippen molar-refractivity contribution in [3.05, 3.63) is 88.4 Å². The van der Waals surface area contributed by atoms with Crippen LogP contribution < -0.4 is 14.4 Å². The van der Waals surface area contributed by atoms with Crippen molar-refractivity contribution in [2.45, 2.75) is 44.2 Å². The highest BCUT2D eigenvalue weighted by molar-refractivity contribution is 7.92. The third-order valence-electron chi connectivity index (χ3n) is 6.21. The summed E-state index contributed by atoms with van der Waals surface area (Å²) in [5, 5.41) is 3.24. The zero-order valence-electron chi connectivity index (χ0n) is 22.6. The van der Waals surface area contributed by atoms with Gasteiger partial charge in [-0.1, -0.05) is 67.4 Å². The molecule has 214 valence electrons. The number of amides is 2. The molecule has 1 N–H and O–H groups in total. The van der Waals surface area contributed by atoms with Crippen LogP contribution in [-0.4, -0.2) is 51.4 Å². The van der Waals surface area contributed by atoms with Crippen LogP contribution >= 0.6 is 23.2 Å². The van der Waals surface area contributed by atoms with E-state index in [-0.39, 0.29) is 28.1 Å². The van der Waals surface area contributed by atoms with Crippen LogP contribution in [0, 0.1) is 0 Å². The number of anilines is 1. The second-order valence-corrected chi connectivity index (χ2v) is 11.7. The van der Waals surface area contributed by atoms with E-state index in [2.05, 4.69) is 5.32 Å². The smallest absolute Gasteiger partial charge is 0.264 e. The molecule has 0 aliphatic carbocycles. The summed E-state index contributed by atoms with van der Waals surface area (Å²) in [7, 11) is -2.69. The molecule has 11 heteroatoms. The molecular weight excluding hydrogens is 573 g/mol. The van der Waals surface area contributed by atoms with Gasteiger partial charge in [0, 0.05) is 18.1 Å². The fourth-order valence-corrected chi connectivity index (χ4v) is 6.18. The molecule has 1 atom stereocenters. The Hall–Kier alpha value is -3.27. The van der Waals surface area contributed by atoms with E-state index >= 15 is 0 Å². The first kappa shape index (κ1) is 31.3. The highest BCUT2D eigenvalue weighted by Crippen LogP contribution is 2.33. The Bertz CT molecular complexity index is 1420. The Morgan fingerprint density at radius 2 is 1.70 bits per heavy atom. The highest BCUT2D eigenvalue weighted by Gasteiger charge is 2.34. The summed E-state index contributed by atoms with van der Waals surface area (Å²) in [5.74, 6) is -0.302. The lowest BCUT2D eigenvalue weighted by Gasteiger charge is -2.33. The molecule has 0 heterocycles. The molecule has 0 saturated carbocycles. The quantitative estimate of drug-likeness (QED) is 0.276. The summed E-state index contributed by atoms with van der Waals surface area (Å²) in [6.07, 6.45) is 1.04. The minimum Gasteiger partial charge on any atom is -0.497 e. The molecule has 3 aromatic carbocycles. The molecule has 0 saturated heterocycles. The largest absolute Gasteiger partial charge is 0.497 e. The van der Waals surface area contributed by atoms with E-state index in [9.17, 15) is 18.0 Å². The van der Waals surface area contributed by atoms with Crippen molar-refractivity contribution in [2.75, 3.05) is 24.5 Å². The van der Waals surface area contributed by atoms with Crippen molar-refractivity contribution >= 4 is 50.7 Å². The number of benzene rings is 3. The van der Waals surface area contributed by atoms with Crippen LogP contribution in [-0.2, 0) is 26.2 Å². The van der Waals surface area contributed by atoms with Crippen molar-refractivity contribution in [1.82, 2.24) is 10.2 Å². The van der Waals surface area contributed by atoms with Crippen LogP contribution in [0.3, 0.4) is 0 Å². The van der Waals surface area contributed by atoms with E-state index in [1.165, 1.54) is 42.3 Å². The molecule has 0 aromatic heterocycles. The van der Waals surface area contributed by atoms with Crippen LogP contribution in [0.4, 0.5) is 5.69 Å². The van der Waals surface area contributed by atoms with Gasteiger partial charge in [-0.25, -0.2) is 8.42 Å². The maximum absolute atomic E-state index is 14.1. The summed E-state index contributed by atoms with van der Waals surface area (Å²) in [4.78, 5) is 28.6. The Labute approximate surface area is 245 Å². The van der Waals surface area contributed by atoms with Crippen molar-refractivity contribution in [3.8, 4) is 5.75 Å². The topological polar surface area (TPSA) is 96.0 Å². The van der Waals surface area contributed by atoms with E-state index in [0.29, 0.717) is 23.7 Å². The Morgan fingerprint density at radius 1 is 0.975 bits per heavy atom. The van der Waals surface area contributed by atoms with Crippen LogP contribution in [0.1, 0.15) is 32.3 Å². The molecule has 0 radical (unpaired) electrons. The van der Waals surface area contributed by atoms with Gasteiger partial charge in [0.25, 0.3) is 10.0 Å². The third kappa shape index (κ3) is 7.68. The molecule has 0 aliphatic heterocycles. The normalized spacial score (nSPS) is 11.9. The molecule has 2 amide bonds. The van der Waals surface area contributed by atoms with Gasteiger partial charge in [-0.3, -0.25) is 13.9 Å². The van der Waals surface area contributed by atoms with Gasteiger partial charge < -0.3 is 15.0 Å². The van der Waals surface area contributed by atoms with Crippen molar-refractivity contribution in [3.63, 3.8) is 0 Å². The highest BCUT2D eigenvalue weighted by atomic mass is 35.5. The summed E-state index contributed by atoms with van der Waals surface area (Å²) in [6.45, 7) is 3.65. The first-order chi connectivity index (χ1) is 19.1. The van der Waals surface area contributed by atoms with Crippen LogP contribution in [0.2, 0.25) is 10.0 Å². The van der Waals surface area contributed by atoms with Gasteiger partial charge in [0.15, 0.2) is 0 Å². The van der Waals surface area contributed by atoms with E-state index in [1.54, 1.807) is 43.3 Å². The Morgan fingerprint density at radius 3 is 2.33 bits per heavy atom. The Balaban J connectivity index is 2.08. The van der Waals surface area contributed by atoms with Gasteiger partial charge in [-0.05, 0) is 60.9 Å². The van der Waals surface area contributed by atoms with Gasteiger partial charge in [0.2, 0.25) is 11.8 Å². The number of carbonyl (C=O) groups is 2. The molecule has 0 unspecified atom stereocenters. The molecule has 8 nitrogen and oxygen atoms in total. The molecule has 0 spiro atoms. The molecule has 3 aromatic rings. The predicted octanol–water partition coefficient (Wildman–Crippen LogP) is 5.53. The van der Waals surface area contributed by atoms with Gasteiger partial charge in [0.1, 0.15) is 18.3 Å². The number of ether oxygens (including phenoxy) is 1. The SMILES string of the molecule is CCCNC(=O)[C@H](CC)N(Cc1cccc(OC)c1)C(=O)CN(c1ccc(Cl)cc1Cl)S(=O)(=O)c1ccccc1. The summed E-state index contributed by atoms with van der Waals surface area (Å²) in [6, 6.07) is 18.4. The fraction of sp³-hybridized carbons (Fsp3) is 0.310. The summed E-state index contributed by atoms with van der Waals surface area (Å²) >= 11 is 12.5. The van der Waals surface area contributed by atoms with E-state index < -0.39 is 28.5 Å². The van der Waals surface area contributed by atoms with Crippen LogP contribution in [0.15, 0.2) is 77.7 Å². The number of halogens is 2. The van der Waals surface area contributed by atoms with Gasteiger partial charge in [0.05, 0.1) is 22.7 Å². The van der Waals surface area contributed by atoms with Crippen molar-refractivity contribution < 1.29 is 22.7 Å². The monoisotopic (exact) mass is 605 g/mol. The van der Waals surface area contributed by atoms with Gasteiger partial charge in [-0.2, -0.15) is 0 Å². The number of methoxy groups -OCH3 is 1. The molecule has 3 rings (SSSR count). The number of nitrogens with one attached hydrogen (secondary N) is 1. The zero-order chi connectivity index (χ0) is 29.3. The average molecular weight is 607 g/mol. The number of hydrogen-bond donors (Lipinski definition) is 1. The number of nitrogens with zero attached hydrogens (tertiary/aromatic N) is 2. The second kappa shape index (κ2) is 14.4. The maximum Gasteiger partial charge on any atom is 0.264 e. The molecule has 0 bridgehead atoms. The standard InChI is InChI=1S/C29H33Cl2N3O5S/c1-4-16-32-29(36)26(5-2)33(19-21-10-9-11-23(17-21)39-3)28(35)20-34(27-15-14-22(30)18-25(27)31)40(37,38)24-12-7-6-8-13-24/h6-15,17-18,26H,4-5,16,19-20H2,1-3H3,(H,32,36)/t26-/m0/s1. The second-order valence-electron chi connectivity index (χ2n) is 9.01. The lowest BCUT2D eigenvalue weighted by Crippen LogP contribution is -2.52. The Kier molecular flexibility index (Phi) is 11.2.